The molecule has 1 N–H and O–H groups in total. The van der Waals surface area contributed by atoms with Gasteiger partial charge in [-0.1, -0.05) is 32.9 Å². The third-order valence-corrected chi connectivity index (χ3v) is 5.34. The van der Waals surface area contributed by atoms with E-state index < -0.39 is 10.8 Å². The van der Waals surface area contributed by atoms with Gasteiger partial charge in [-0.3, -0.25) is 4.21 Å². The molecule has 102 valence electrons. The lowest BCUT2D eigenvalue weighted by Gasteiger charge is -2.22. The first kappa shape index (κ1) is 15.9. The van der Waals surface area contributed by atoms with Gasteiger partial charge in [0, 0.05) is 16.3 Å². The van der Waals surface area contributed by atoms with Crippen LogP contribution >= 0.6 is 15.9 Å². The molecule has 2 atom stereocenters. The minimum absolute atomic E-state index is 0.304. The highest BCUT2D eigenvalue weighted by Gasteiger charge is 2.17. The van der Waals surface area contributed by atoms with Crippen molar-refractivity contribution in [3.05, 3.63) is 28.7 Å². The molecule has 0 spiro atoms. The van der Waals surface area contributed by atoms with Crippen LogP contribution in [-0.4, -0.2) is 22.5 Å². The number of hydrogen-bond acceptors (Lipinski definition) is 2. The van der Waals surface area contributed by atoms with Gasteiger partial charge in [-0.15, -0.1) is 0 Å². The molecule has 18 heavy (non-hydrogen) atoms. The minimum atomic E-state index is -0.958. The predicted molar refractivity (Wildman–Crippen MR) is 82.3 cm³/mol. The molecule has 0 bridgehead atoms. The van der Waals surface area contributed by atoms with Gasteiger partial charge in [-0.05, 0) is 46.9 Å². The maximum absolute atomic E-state index is 12.4. The van der Waals surface area contributed by atoms with E-state index in [1.54, 1.807) is 0 Å². The van der Waals surface area contributed by atoms with Gasteiger partial charge < -0.3 is 5.32 Å². The van der Waals surface area contributed by atoms with Gasteiger partial charge >= 0.3 is 0 Å². The Bertz CT molecular complexity index is 395. The van der Waals surface area contributed by atoms with Crippen LogP contribution < -0.4 is 5.32 Å². The highest BCUT2D eigenvalue weighted by atomic mass is 79.9. The SMILES string of the molecule is CCCNC(CS(=O)c1ccccc1Br)C(C)C. The van der Waals surface area contributed by atoms with Crippen molar-refractivity contribution in [2.45, 2.75) is 38.1 Å². The topological polar surface area (TPSA) is 29.1 Å². The summed E-state index contributed by atoms with van der Waals surface area (Å²) < 4.78 is 13.3. The first-order valence-electron chi connectivity index (χ1n) is 6.42. The summed E-state index contributed by atoms with van der Waals surface area (Å²) in [5.74, 6) is 1.16. The number of halogens is 1. The molecular weight excluding hydrogens is 310 g/mol. The maximum Gasteiger partial charge on any atom is 0.0556 e. The van der Waals surface area contributed by atoms with Crippen LogP contribution in [0.25, 0.3) is 0 Å². The van der Waals surface area contributed by atoms with Crippen LogP contribution in [0.5, 0.6) is 0 Å². The van der Waals surface area contributed by atoms with E-state index in [0.29, 0.717) is 17.7 Å². The molecule has 1 aromatic carbocycles. The van der Waals surface area contributed by atoms with Crippen molar-refractivity contribution in [3.8, 4) is 0 Å². The molecule has 0 radical (unpaired) electrons. The fourth-order valence-corrected chi connectivity index (χ4v) is 4.05. The van der Waals surface area contributed by atoms with Crippen molar-refractivity contribution >= 4 is 26.7 Å². The summed E-state index contributed by atoms with van der Waals surface area (Å²) in [6, 6.07) is 8.05. The second kappa shape index (κ2) is 8.08. The van der Waals surface area contributed by atoms with Gasteiger partial charge in [-0.25, -0.2) is 0 Å². The smallest absolute Gasteiger partial charge is 0.0556 e. The van der Waals surface area contributed by atoms with E-state index in [2.05, 4.69) is 42.0 Å². The third kappa shape index (κ3) is 4.82. The third-order valence-electron chi connectivity index (χ3n) is 2.87. The first-order valence-corrected chi connectivity index (χ1v) is 8.53. The molecule has 0 saturated carbocycles. The number of hydrogen-bond donors (Lipinski definition) is 1. The van der Waals surface area contributed by atoms with Crippen LogP contribution in [0.2, 0.25) is 0 Å². The van der Waals surface area contributed by atoms with E-state index in [-0.39, 0.29) is 0 Å². The van der Waals surface area contributed by atoms with Crippen molar-refractivity contribution in [3.63, 3.8) is 0 Å². The number of nitrogens with one attached hydrogen (secondary N) is 1. The van der Waals surface area contributed by atoms with Gasteiger partial charge in [0.25, 0.3) is 0 Å². The van der Waals surface area contributed by atoms with Gasteiger partial charge in [0.05, 0.1) is 15.7 Å². The Morgan fingerprint density at radius 1 is 1.33 bits per heavy atom. The average Bonchev–Trinajstić information content (AvgIpc) is 2.34. The van der Waals surface area contributed by atoms with Crippen molar-refractivity contribution in [1.29, 1.82) is 0 Å². The molecule has 0 saturated heterocycles. The Kier molecular flexibility index (Phi) is 7.12. The lowest BCUT2D eigenvalue weighted by molar-refractivity contribution is 0.431. The largest absolute Gasteiger partial charge is 0.313 e. The summed E-state index contributed by atoms with van der Waals surface area (Å²) >= 11 is 3.46. The lowest BCUT2D eigenvalue weighted by Crippen LogP contribution is -2.38. The van der Waals surface area contributed by atoms with Gasteiger partial charge in [0.15, 0.2) is 0 Å². The van der Waals surface area contributed by atoms with Crippen molar-refractivity contribution in [2.24, 2.45) is 5.92 Å². The summed E-state index contributed by atoms with van der Waals surface area (Å²) in [5, 5.41) is 3.48. The first-order chi connectivity index (χ1) is 8.56. The Hall–Kier alpha value is -0.190. The molecule has 1 rings (SSSR count). The van der Waals surface area contributed by atoms with Crippen LogP contribution in [0.15, 0.2) is 33.6 Å². The molecule has 4 heteroatoms. The van der Waals surface area contributed by atoms with Crippen molar-refractivity contribution in [2.75, 3.05) is 12.3 Å². The van der Waals surface area contributed by atoms with Gasteiger partial charge in [-0.2, -0.15) is 0 Å². The van der Waals surface area contributed by atoms with Crippen molar-refractivity contribution < 1.29 is 4.21 Å². The summed E-state index contributed by atoms with van der Waals surface area (Å²) in [7, 11) is -0.958. The lowest BCUT2D eigenvalue weighted by atomic mass is 10.1. The summed E-state index contributed by atoms with van der Waals surface area (Å²) in [5.41, 5.74) is 0. The van der Waals surface area contributed by atoms with E-state index in [1.165, 1.54) is 0 Å². The molecule has 0 heterocycles. The fourth-order valence-electron chi connectivity index (χ4n) is 1.70. The van der Waals surface area contributed by atoms with Gasteiger partial charge in [0.2, 0.25) is 0 Å². The monoisotopic (exact) mass is 331 g/mol. The number of rotatable bonds is 7. The van der Waals surface area contributed by atoms with Crippen LogP contribution in [0, 0.1) is 5.92 Å². The van der Waals surface area contributed by atoms with Crippen LogP contribution in [-0.2, 0) is 10.8 Å². The van der Waals surface area contributed by atoms with Crippen LogP contribution in [0.3, 0.4) is 0 Å². The highest BCUT2D eigenvalue weighted by Crippen LogP contribution is 2.21. The molecule has 0 aromatic heterocycles. The normalized spacial score (nSPS) is 14.7. The quantitative estimate of drug-likeness (QED) is 0.827. The van der Waals surface area contributed by atoms with E-state index in [1.807, 2.05) is 24.3 Å². The zero-order chi connectivity index (χ0) is 13.5. The summed E-state index contributed by atoms with van der Waals surface area (Å²) in [6.45, 7) is 7.47. The van der Waals surface area contributed by atoms with Crippen LogP contribution in [0.4, 0.5) is 0 Å². The highest BCUT2D eigenvalue weighted by molar-refractivity contribution is 9.10. The Morgan fingerprint density at radius 2 is 2.00 bits per heavy atom. The molecular formula is C14H22BrNOS. The molecule has 2 nitrogen and oxygen atoms in total. The van der Waals surface area contributed by atoms with E-state index in [9.17, 15) is 4.21 Å². The average molecular weight is 332 g/mol. The molecule has 0 aliphatic heterocycles. The Morgan fingerprint density at radius 3 is 2.56 bits per heavy atom. The van der Waals surface area contributed by atoms with Gasteiger partial charge in [0.1, 0.15) is 0 Å². The summed E-state index contributed by atoms with van der Waals surface area (Å²) in [4.78, 5) is 0.890. The van der Waals surface area contributed by atoms with E-state index >= 15 is 0 Å². The molecule has 0 fully saturated rings. The molecule has 0 aliphatic carbocycles. The Labute approximate surface area is 121 Å². The molecule has 0 aliphatic rings. The zero-order valence-corrected chi connectivity index (χ0v) is 13.7. The minimum Gasteiger partial charge on any atom is -0.313 e. The second-order valence-corrected chi connectivity index (χ2v) is 7.07. The van der Waals surface area contributed by atoms with E-state index in [0.717, 1.165) is 22.3 Å². The number of benzene rings is 1. The molecule has 1 aromatic rings. The fraction of sp³-hybridized carbons (Fsp3) is 0.571. The zero-order valence-electron chi connectivity index (χ0n) is 11.3. The second-order valence-electron chi connectivity index (χ2n) is 4.75. The Balaban J connectivity index is 2.69. The standard InChI is InChI=1S/C14H22BrNOS/c1-4-9-16-13(11(2)3)10-18(17)14-8-6-5-7-12(14)15/h5-8,11,13,16H,4,9-10H2,1-3H3. The predicted octanol–water partition coefficient (Wildman–Crippen LogP) is 3.58. The summed E-state index contributed by atoms with van der Waals surface area (Å²) in [6.07, 6.45) is 1.10. The maximum atomic E-state index is 12.4. The van der Waals surface area contributed by atoms with E-state index in [4.69, 9.17) is 0 Å². The van der Waals surface area contributed by atoms with Crippen molar-refractivity contribution in [1.82, 2.24) is 5.32 Å². The molecule has 0 amide bonds. The molecule has 2 unspecified atom stereocenters. The van der Waals surface area contributed by atoms with Crippen LogP contribution in [0.1, 0.15) is 27.2 Å².